The first-order valence-corrected chi connectivity index (χ1v) is 8.74. The van der Waals surface area contributed by atoms with Gasteiger partial charge in [0, 0.05) is 38.4 Å². The van der Waals surface area contributed by atoms with Gasteiger partial charge in [-0.15, -0.1) is 0 Å². The third-order valence-corrected chi connectivity index (χ3v) is 4.96. The summed E-state index contributed by atoms with van der Waals surface area (Å²) in [5, 5.41) is 7.18. The maximum Gasteiger partial charge on any atom is 0.254 e. The first kappa shape index (κ1) is 17.5. The van der Waals surface area contributed by atoms with Gasteiger partial charge in [-0.05, 0) is 37.5 Å². The second-order valence-corrected chi connectivity index (χ2v) is 6.64. The van der Waals surface area contributed by atoms with Gasteiger partial charge in [-0.1, -0.05) is 12.1 Å². The summed E-state index contributed by atoms with van der Waals surface area (Å²) in [6.07, 6.45) is 5.27. The molecule has 1 aliphatic rings. The SMILES string of the molecule is COc1cccc(C(C)N2CCC(NC(=O)c3cnn(C)c3)CC2)c1. The first-order valence-electron chi connectivity index (χ1n) is 8.74. The number of piperidine rings is 1. The Morgan fingerprint density at radius 2 is 2.12 bits per heavy atom. The van der Waals surface area contributed by atoms with Gasteiger partial charge >= 0.3 is 0 Å². The molecular weight excluding hydrogens is 316 g/mol. The van der Waals surface area contributed by atoms with Crippen LogP contribution in [0.1, 0.15) is 41.7 Å². The number of hydrogen-bond donors (Lipinski definition) is 1. The fourth-order valence-electron chi connectivity index (χ4n) is 3.35. The van der Waals surface area contributed by atoms with Gasteiger partial charge in [-0.25, -0.2) is 0 Å². The Labute approximate surface area is 148 Å². The molecule has 1 aliphatic heterocycles. The third kappa shape index (κ3) is 4.20. The van der Waals surface area contributed by atoms with Crippen LogP contribution in [0.15, 0.2) is 36.7 Å². The van der Waals surface area contributed by atoms with E-state index in [1.54, 1.807) is 24.2 Å². The Kier molecular flexibility index (Phi) is 5.38. The smallest absolute Gasteiger partial charge is 0.254 e. The van der Waals surface area contributed by atoms with E-state index < -0.39 is 0 Å². The lowest BCUT2D eigenvalue weighted by atomic mass is 10.00. The second-order valence-electron chi connectivity index (χ2n) is 6.64. The average molecular weight is 342 g/mol. The lowest BCUT2D eigenvalue weighted by molar-refractivity contribution is 0.0896. The zero-order valence-corrected chi connectivity index (χ0v) is 15.1. The maximum absolute atomic E-state index is 12.2. The molecule has 0 aliphatic carbocycles. The van der Waals surface area contributed by atoms with Gasteiger partial charge in [0.15, 0.2) is 0 Å². The van der Waals surface area contributed by atoms with Crippen molar-refractivity contribution in [2.75, 3.05) is 20.2 Å². The van der Waals surface area contributed by atoms with E-state index in [1.165, 1.54) is 5.56 Å². The van der Waals surface area contributed by atoms with Gasteiger partial charge in [0.05, 0.1) is 18.9 Å². The Hall–Kier alpha value is -2.34. The molecule has 0 saturated carbocycles. The Balaban J connectivity index is 1.53. The lowest BCUT2D eigenvalue weighted by Crippen LogP contribution is -2.45. The summed E-state index contributed by atoms with van der Waals surface area (Å²) in [7, 11) is 3.51. The molecule has 1 atom stereocenters. The largest absolute Gasteiger partial charge is 0.497 e. The van der Waals surface area contributed by atoms with E-state index in [1.807, 2.05) is 19.2 Å². The average Bonchev–Trinajstić information content (AvgIpc) is 3.08. The number of nitrogens with zero attached hydrogens (tertiary/aromatic N) is 3. The summed E-state index contributed by atoms with van der Waals surface area (Å²) in [4.78, 5) is 14.7. The van der Waals surface area contributed by atoms with Crippen LogP contribution in [0.3, 0.4) is 0 Å². The molecule has 3 rings (SSSR count). The van der Waals surface area contributed by atoms with Gasteiger partial charge in [0.2, 0.25) is 0 Å². The molecule has 0 radical (unpaired) electrons. The molecule has 2 heterocycles. The summed E-state index contributed by atoms with van der Waals surface area (Å²) in [5.74, 6) is 0.857. The van der Waals surface area contributed by atoms with E-state index >= 15 is 0 Å². The monoisotopic (exact) mass is 342 g/mol. The number of methoxy groups -OCH3 is 1. The van der Waals surface area contributed by atoms with Crippen LogP contribution >= 0.6 is 0 Å². The van der Waals surface area contributed by atoms with Crippen LogP contribution in [0.25, 0.3) is 0 Å². The molecule has 1 aromatic heterocycles. The van der Waals surface area contributed by atoms with Gasteiger partial charge in [0.1, 0.15) is 5.75 Å². The number of nitrogens with one attached hydrogen (secondary N) is 1. The van der Waals surface area contributed by atoms with Crippen molar-refractivity contribution in [1.29, 1.82) is 0 Å². The number of hydrogen-bond acceptors (Lipinski definition) is 4. The predicted molar refractivity (Wildman–Crippen MR) is 96.7 cm³/mol. The summed E-state index contributed by atoms with van der Waals surface area (Å²) in [6.45, 7) is 4.16. The van der Waals surface area contributed by atoms with E-state index in [0.717, 1.165) is 31.7 Å². The number of amides is 1. The van der Waals surface area contributed by atoms with Gasteiger partial charge in [-0.3, -0.25) is 14.4 Å². The quantitative estimate of drug-likeness (QED) is 0.906. The topological polar surface area (TPSA) is 59.4 Å². The highest BCUT2D eigenvalue weighted by atomic mass is 16.5. The molecule has 1 unspecified atom stereocenters. The molecule has 0 bridgehead atoms. The van der Waals surface area contributed by atoms with Crippen molar-refractivity contribution in [1.82, 2.24) is 20.0 Å². The van der Waals surface area contributed by atoms with Crippen molar-refractivity contribution >= 4 is 5.91 Å². The Bertz CT molecular complexity index is 720. The molecule has 1 saturated heterocycles. The highest BCUT2D eigenvalue weighted by Gasteiger charge is 2.25. The molecule has 134 valence electrons. The van der Waals surface area contributed by atoms with Crippen LogP contribution in [-0.4, -0.2) is 46.8 Å². The molecule has 1 fully saturated rings. The number of likely N-dealkylation sites (tertiary alicyclic amines) is 1. The fourth-order valence-corrected chi connectivity index (χ4v) is 3.35. The fraction of sp³-hybridized carbons (Fsp3) is 0.474. The van der Waals surface area contributed by atoms with Gasteiger partial charge in [0.25, 0.3) is 5.91 Å². The molecule has 6 nitrogen and oxygen atoms in total. The minimum absolute atomic E-state index is 0.0348. The van der Waals surface area contributed by atoms with Crippen molar-refractivity contribution in [2.24, 2.45) is 7.05 Å². The van der Waals surface area contributed by atoms with Crippen LogP contribution in [0.2, 0.25) is 0 Å². The Morgan fingerprint density at radius 3 is 2.76 bits per heavy atom. The summed E-state index contributed by atoms with van der Waals surface area (Å²) in [5.41, 5.74) is 1.88. The van der Waals surface area contributed by atoms with Crippen molar-refractivity contribution < 1.29 is 9.53 Å². The van der Waals surface area contributed by atoms with E-state index in [-0.39, 0.29) is 11.9 Å². The summed E-state index contributed by atoms with van der Waals surface area (Å²) < 4.78 is 6.97. The molecule has 1 amide bonds. The van der Waals surface area contributed by atoms with Crippen molar-refractivity contribution in [3.05, 3.63) is 47.8 Å². The van der Waals surface area contributed by atoms with Crippen LogP contribution in [0.5, 0.6) is 5.75 Å². The number of rotatable bonds is 5. The van der Waals surface area contributed by atoms with Crippen LogP contribution in [0, 0.1) is 0 Å². The number of carbonyl (C=O) groups is 1. The van der Waals surface area contributed by atoms with Crippen LogP contribution in [0.4, 0.5) is 0 Å². The summed E-state index contributed by atoms with van der Waals surface area (Å²) in [6, 6.07) is 8.80. The minimum Gasteiger partial charge on any atom is -0.497 e. The minimum atomic E-state index is -0.0348. The molecule has 1 aromatic carbocycles. The Morgan fingerprint density at radius 1 is 1.36 bits per heavy atom. The number of ether oxygens (including phenoxy) is 1. The maximum atomic E-state index is 12.2. The summed E-state index contributed by atoms with van der Waals surface area (Å²) >= 11 is 0. The van der Waals surface area contributed by atoms with Crippen LogP contribution in [-0.2, 0) is 7.05 Å². The highest BCUT2D eigenvalue weighted by molar-refractivity contribution is 5.93. The molecule has 1 N–H and O–H groups in total. The number of benzene rings is 1. The van der Waals surface area contributed by atoms with Crippen molar-refractivity contribution in [3.8, 4) is 5.75 Å². The van der Waals surface area contributed by atoms with Crippen molar-refractivity contribution in [2.45, 2.75) is 31.8 Å². The van der Waals surface area contributed by atoms with E-state index in [9.17, 15) is 4.79 Å². The lowest BCUT2D eigenvalue weighted by Gasteiger charge is -2.36. The zero-order valence-electron chi connectivity index (χ0n) is 15.1. The zero-order chi connectivity index (χ0) is 17.8. The van der Waals surface area contributed by atoms with E-state index in [0.29, 0.717) is 11.6 Å². The molecule has 6 heteroatoms. The van der Waals surface area contributed by atoms with Crippen LogP contribution < -0.4 is 10.1 Å². The predicted octanol–water partition coefficient (Wildman–Crippen LogP) is 2.38. The molecule has 2 aromatic rings. The molecule has 25 heavy (non-hydrogen) atoms. The second kappa shape index (κ2) is 7.70. The van der Waals surface area contributed by atoms with E-state index in [4.69, 9.17) is 4.74 Å². The normalized spacial score (nSPS) is 17.2. The van der Waals surface area contributed by atoms with Gasteiger partial charge < -0.3 is 10.1 Å². The highest BCUT2D eigenvalue weighted by Crippen LogP contribution is 2.26. The van der Waals surface area contributed by atoms with Crippen molar-refractivity contribution in [3.63, 3.8) is 0 Å². The number of aromatic nitrogens is 2. The standard InChI is InChI=1S/C19H26N4O2/c1-14(15-5-4-6-18(11-15)25-3)23-9-7-17(8-10-23)21-19(24)16-12-20-22(2)13-16/h4-6,11-14,17H,7-10H2,1-3H3,(H,21,24). The molecule has 0 spiro atoms. The third-order valence-electron chi connectivity index (χ3n) is 4.96. The van der Waals surface area contributed by atoms with E-state index in [2.05, 4.69) is 34.4 Å². The first-order chi connectivity index (χ1) is 12.1. The number of aryl methyl sites for hydroxylation is 1. The number of carbonyl (C=O) groups excluding carboxylic acids is 1. The van der Waals surface area contributed by atoms with Gasteiger partial charge in [-0.2, -0.15) is 5.10 Å². The molecular formula is C19H26N4O2.